The highest BCUT2D eigenvalue weighted by atomic mass is 35.5. The van der Waals surface area contributed by atoms with Crippen LogP contribution in [0.25, 0.3) is 0 Å². The number of benzene rings is 1. The van der Waals surface area contributed by atoms with E-state index in [4.69, 9.17) is 16.7 Å². The number of carbonyl (C=O) groups is 1. The molecule has 1 aromatic carbocycles. The molecule has 0 saturated carbocycles. The third kappa shape index (κ3) is 4.67. The van der Waals surface area contributed by atoms with Crippen molar-refractivity contribution in [2.45, 2.75) is 25.8 Å². The van der Waals surface area contributed by atoms with E-state index in [1.807, 2.05) is 0 Å². The molecule has 29 heavy (non-hydrogen) atoms. The molecule has 0 fully saturated rings. The second kappa shape index (κ2) is 7.53. The molecule has 2 aromatic rings. The van der Waals surface area contributed by atoms with Crippen molar-refractivity contribution < 1.29 is 17.6 Å². The highest BCUT2D eigenvalue weighted by molar-refractivity contribution is 7.87. The van der Waals surface area contributed by atoms with Crippen LogP contribution in [0.2, 0.25) is 5.02 Å². The predicted molar refractivity (Wildman–Crippen MR) is 110 cm³/mol. The van der Waals surface area contributed by atoms with Crippen LogP contribution in [0.5, 0.6) is 0 Å². The maximum atomic E-state index is 15.4. The number of ketones is 1. The number of nitrogens with two attached hydrogens (primary N) is 1. The monoisotopic (exact) mass is 437 g/mol. The first-order valence-corrected chi connectivity index (χ1v) is 10.7. The van der Waals surface area contributed by atoms with Gasteiger partial charge in [-0.25, -0.2) is 9.53 Å². The molecular weight excluding hydrogens is 417 g/mol. The molecule has 6 nitrogen and oxygen atoms in total. The predicted octanol–water partition coefficient (Wildman–Crippen LogP) is 3.45. The summed E-state index contributed by atoms with van der Waals surface area (Å²) in [5, 5.41) is 5.56. The van der Waals surface area contributed by atoms with Gasteiger partial charge in [0.15, 0.2) is 5.78 Å². The lowest BCUT2D eigenvalue weighted by molar-refractivity contribution is 0.1000. The Bertz CT molecular complexity index is 1090. The van der Waals surface area contributed by atoms with E-state index in [2.05, 4.69) is 9.71 Å². The summed E-state index contributed by atoms with van der Waals surface area (Å²) < 4.78 is 40.8. The van der Waals surface area contributed by atoms with Gasteiger partial charge < -0.3 is 4.98 Å². The number of H-pyrrole nitrogens is 1. The number of rotatable bonds is 6. The van der Waals surface area contributed by atoms with Crippen LogP contribution >= 0.6 is 11.6 Å². The van der Waals surface area contributed by atoms with Gasteiger partial charge in [-0.15, -0.1) is 0 Å². The zero-order valence-electron chi connectivity index (χ0n) is 15.9. The maximum Gasteiger partial charge on any atom is 0.275 e. The Morgan fingerprint density at radius 2 is 1.86 bits per heavy atom. The smallest absolute Gasteiger partial charge is 0.275 e. The SMILES string of the molecule is CC1(NS(N)(=O)=O)C=C(F)C(C)(Cc2ccc[nH]2)C(C(=O)c2ccc(Cl)cc2)=C1. The fourth-order valence-electron chi connectivity index (χ4n) is 3.53. The Morgan fingerprint density at radius 3 is 2.41 bits per heavy atom. The highest BCUT2D eigenvalue weighted by Gasteiger charge is 2.45. The number of Topliss-reactive ketones (excluding diaryl/α,β-unsaturated/α-hetero) is 1. The fraction of sp³-hybridized carbons (Fsp3) is 0.250. The standard InChI is InChI=1S/C20H21ClFN3O3S/c1-19(25-29(23,27)28)11-16(18(26)13-5-7-14(21)8-6-13)20(2,17(22)12-19)10-15-4-3-9-24-15/h3-9,11-12,24-25H,10H2,1-2H3,(H2,23,27,28). The van der Waals surface area contributed by atoms with Crippen LogP contribution < -0.4 is 9.86 Å². The normalized spacial score (nSPS) is 24.7. The van der Waals surface area contributed by atoms with Gasteiger partial charge in [-0.2, -0.15) is 13.1 Å². The highest BCUT2D eigenvalue weighted by Crippen LogP contribution is 2.45. The van der Waals surface area contributed by atoms with Crippen molar-refractivity contribution in [3.63, 3.8) is 0 Å². The minimum atomic E-state index is -4.15. The van der Waals surface area contributed by atoms with Crippen LogP contribution in [0.15, 0.2) is 66.1 Å². The molecular formula is C20H21ClFN3O3S. The number of aromatic amines is 1. The Labute approximate surface area is 173 Å². The van der Waals surface area contributed by atoms with Crippen LogP contribution in [0.4, 0.5) is 4.39 Å². The van der Waals surface area contributed by atoms with E-state index < -0.39 is 32.8 Å². The molecule has 1 aliphatic rings. The van der Waals surface area contributed by atoms with E-state index >= 15 is 4.39 Å². The lowest BCUT2D eigenvalue weighted by atomic mass is 9.68. The van der Waals surface area contributed by atoms with Crippen LogP contribution in [0, 0.1) is 5.41 Å². The third-order valence-corrected chi connectivity index (χ3v) is 5.89. The van der Waals surface area contributed by atoms with E-state index in [0.717, 1.165) is 11.8 Å². The number of carbonyl (C=O) groups excluding carboxylic acids is 1. The zero-order valence-corrected chi connectivity index (χ0v) is 17.4. The van der Waals surface area contributed by atoms with Gasteiger partial charge in [0, 0.05) is 34.5 Å². The summed E-state index contributed by atoms with van der Waals surface area (Å²) in [5.41, 5.74) is -1.64. The van der Waals surface area contributed by atoms with E-state index in [1.165, 1.54) is 13.0 Å². The zero-order chi connectivity index (χ0) is 21.4. The first-order chi connectivity index (χ1) is 13.4. The number of aromatic nitrogens is 1. The summed E-state index contributed by atoms with van der Waals surface area (Å²) in [6.07, 6.45) is 4.44. The molecule has 2 unspecified atom stereocenters. The van der Waals surface area contributed by atoms with Crippen molar-refractivity contribution in [1.29, 1.82) is 0 Å². The summed E-state index contributed by atoms with van der Waals surface area (Å²) >= 11 is 5.90. The summed E-state index contributed by atoms with van der Waals surface area (Å²) in [7, 11) is -4.15. The average Bonchev–Trinajstić information content (AvgIpc) is 3.09. The molecule has 2 atom stereocenters. The van der Waals surface area contributed by atoms with E-state index in [9.17, 15) is 13.2 Å². The Kier molecular flexibility index (Phi) is 5.57. The Balaban J connectivity index is 2.13. The molecule has 9 heteroatoms. The quantitative estimate of drug-likeness (QED) is 0.602. The topological polar surface area (TPSA) is 105 Å². The molecule has 1 aromatic heterocycles. The van der Waals surface area contributed by atoms with Gasteiger partial charge in [-0.3, -0.25) is 4.79 Å². The van der Waals surface area contributed by atoms with Crippen molar-refractivity contribution in [3.05, 3.63) is 82.4 Å². The molecule has 0 spiro atoms. The number of nitrogens with one attached hydrogen (secondary N) is 2. The number of allylic oxidation sites excluding steroid dienone is 2. The first kappa shape index (κ1) is 21.4. The molecule has 0 radical (unpaired) electrons. The molecule has 0 bridgehead atoms. The summed E-state index contributed by atoms with van der Waals surface area (Å²) in [4.78, 5) is 16.3. The van der Waals surface area contributed by atoms with Gasteiger partial charge in [0.1, 0.15) is 5.83 Å². The van der Waals surface area contributed by atoms with Gasteiger partial charge in [-0.1, -0.05) is 17.7 Å². The van der Waals surface area contributed by atoms with Gasteiger partial charge in [0.05, 0.1) is 11.0 Å². The molecule has 0 amide bonds. The Morgan fingerprint density at radius 1 is 1.21 bits per heavy atom. The number of hydrogen-bond donors (Lipinski definition) is 3. The minimum absolute atomic E-state index is 0.119. The Hall–Kier alpha value is -2.26. The van der Waals surface area contributed by atoms with Crippen LogP contribution in [-0.4, -0.2) is 24.7 Å². The van der Waals surface area contributed by atoms with E-state index in [0.29, 0.717) is 10.6 Å². The summed E-state index contributed by atoms with van der Waals surface area (Å²) in [6.45, 7) is 3.04. The fourth-order valence-corrected chi connectivity index (χ4v) is 4.39. The number of halogens is 2. The van der Waals surface area contributed by atoms with Crippen molar-refractivity contribution in [3.8, 4) is 0 Å². The largest absolute Gasteiger partial charge is 0.365 e. The second-order valence-corrected chi connectivity index (χ2v) is 9.25. The van der Waals surface area contributed by atoms with Gasteiger partial charge in [0.25, 0.3) is 10.2 Å². The first-order valence-electron chi connectivity index (χ1n) is 8.78. The van der Waals surface area contributed by atoms with Crippen LogP contribution in [-0.2, 0) is 16.6 Å². The van der Waals surface area contributed by atoms with Gasteiger partial charge >= 0.3 is 0 Å². The van der Waals surface area contributed by atoms with Crippen LogP contribution in [0.3, 0.4) is 0 Å². The van der Waals surface area contributed by atoms with Crippen molar-refractivity contribution in [2.75, 3.05) is 0 Å². The third-order valence-electron chi connectivity index (χ3n) is 4.91. The molecule has 1 aliphatic carbocycles. The van der Waals surface area contributed by atoms with Crippen molar-refractivity contribution >= 4 is 27.6 Å². The molecule has 0 saturated heterocycles. The maximum absolute atomic E-state index is 15.4. The van der Waals surface area contributed by atoms with Crippen molar-refractivity contribution in [2.24, 2.45) is 10.6 Å². The summed E-state index contributed by atoms with van der Waals surface area (Å²) in [5.74, 6) is -1.06. The lowest BCUT2D eigenvalue weighted by Gasteiger charge is -2.38. The van der Waals surface area contributed by atoms with Gasteiger partial charge in [-0.05, 0) is 56.3 Å². The van der Waals surface area contributed by atoms with E-state index in [1.54, 1.807) is 49.5 Å². The lowest BCUT2D eigenvalue weighted by Crippen LogP contribution is -2.49. The summed E-state index contributed by atoms with van der Waals surface area (Å²) in [6, 6.07) is 9.78. The molecule has 154 valence electrons. The van der Waals surface area contributed by atoms with Crippen LogP contribution in [0.1, 0.15) is 29.9 Å². The van der Waals surface area contributed by atoms with E-state index in [-0.39, 0.29) is 12.0 Å². The second-order valence-electron chi connectivity index (χ2n) is 7.52. The molecule has 1 heterocycles. The molecule has 3 rings (SSSR count). The van der Waals surface area contributed by atoms with Crippen molar-refractivity contribution in [1.82, 2.24) is 9.71 Å². The number of hydrogen-bond acceptors (Lipinski definition) is 3. The van der Waals surface area contributed by atoms with Gasteiger partial charge in [0.2, 0.25) is 0 Å². The average molecular weight is 438 g/mol. The molecule has 4 N–H and O–H groups in total. The molecule has 0 aliphatic heterocycles. The minimum Gasteiger partial charge on any atom is -0.365 e.